The van der Waals surface area contributed by atoms with E-state index in [4.69, 9.17) is 5.11 Å². The highest BCUT2D eigenvalue weighted by Gasteiger charge is 1.95. The molecule has 0 heterocycles. The van der Waals surface area contributed by atoms with Gasteiger partial charge in [0.05, 0.1) is 0 Å². The molecule has 14 heavy (non-hydrogen) atoms. The summed E-state index contributed by atoms with van der Waals surface area (Å²) in [6, 6.07) is 0. The summed E-state index contributed by atoms with van der Waals surface area (Å²) in [4.78, 5) is 1.20. The maximum absolute atomic E-state index is 8.71. The molecule has 2 heteroatoms. The van der Waals surface area contributed by atoms with Crippen LogP contribution in [0.3, 0.4) is 0 Å². The molecule has 0 saturated carbocycles. The van der Waals surface area contributed by atoms with E-state index in [0.717, 1.165) is 11.1 Å². The van der Waals surface area contributed by atoms with Gasteiger partial charge in [0.15, 0.2) is 0 Å². The van der Waals surface area contributed by atoms with Crippen molar-refractivity contribution in [3.63, 3.8) is 0 Å². The molecular formula is C12H18OS. The number of aliphatic hydroxyl groups excluding tert-OH is 1. The van der Waals surface area contributed by atoms with Gasteiger partial charge in [-0.05, 0) is 36.8 Å². The number of allylic oxidation sites excluding steroid dienone is 4. The topological polar surface area (TPSA) is 20.2 Å². The van der Waals surface area contributed by atoms with Crippen molar-refractivity contribution in [1.29, 1.82) is 0 Å². The average Bonchev–Trinajstić information content (AvgIpc) is 2.19. The third kappa shape index (κ3) is 5.10. The summed E-state index contributed by atoms with van der Waals surface area (Å²) in [5.74, 6) is 0. The lowest BCUT2D eigenvalue weighted by atomic mass is 10.1. The first kappa shape index (κ1) is 13.3. The second kappa shape index (κ2) is 7.65. The van der Waals surface area contributed by atoms with E-state index in [1.165, 1.54) is 4.91 Å². The van der Waals surface area contributed by atoms with Gasteiger partial charge in [0.2, 0.25) is 0 Å². The van der Waals surface area contributed by atoms with Crippen LogP contribution in [-0.4, -0.2) is 18.0 Å². The molecule has 78 valence electrons. The van der Waals surface area contributed by atoms with Crippen molar-refractivity contribution < 1.29 is 5.11 Å². The first-order valence-electron chi connectivity index (χ1n) is 4.52. The summed E-state index contributed by atoms with van der Waals surface area (Å²) in [7, 11) is 0. The van der Waals surface area contributed by atoms with Crippen molar-refractivity contribution in [3.8, 4) is 0 Å². The van der Waals surface area contributed by atoms with Crippen LogP contribution in [-0.2, 0) is 0 Å². The minimum atomic E-state index is 0.130. The van der Waals surface area contributed by atoms with Gasteiger partial charge >= 0.3 is 0 Å². The third-order valence-corrected chi connectivity index (χ3v) is 2.68. The summed E-state index contributed by atoms with van der Waals surface area (Å²) in [6.45, 7) is 9.85. The molecule has 0 aromatic heterocycles. The Kier molecular flexibility index (Phi) is 7.25. The van der Waals surface area contributed by atoms with Gasteiger partial charge < -0.3 is 5.11 Å². The van der Waals surface area contributed by atoms with Crippen molar-refractivity contribution >= 4 is 11.8 Å². The molecule has 0 amide bonds. The van der Waals surface area contributed by atoms with Gasteiger partial charge in [-0.1, -0.05) is 25.3 Å². The number of aliphatic hydroxyl groups is 1. The highest BCUT2D eigenvalue weighted by Crippen LogP contribution is 2.16. The number of hydrogen-bond donors (Lipinski definition) is 1. The van der Waals surface area contributed by atoms with Crippen LogP contribution in [0.1, 0.15) is 13.3 Å². The highest BCUT2D eigenvalue weighted by molar-refractivity contribution is 8.02. The second-order valence-electron chi connectivity index (χ2n) is 2.83. The Balaban J connectivity index is 4.24. The van der Waals surface area contributed by atoms with Crippen molar-refractivity contribution in [2.45, 2.75) is 13.3 Å². The fourth-order valence-electron chi connectivity index (χ4n) is 0.878. The highest BCUT2D eigenvalue weighted by atomic mass is 32.2. The Morgan fingerprint density at radius 3 is 2.43 bits per heavy atom. The van der Waals surface area contributed by atoms with Crippen LogP contribution < -0.4 is 0 Å². The van der Waals surface area contributed by atoms with Crippen LogP contribution >= 0.6 is 11.8 Å². The molecule has 0 atom stereocenters. The van der Waals surface area contributed by atoms with Crippen LogP contribution in [0.2, 0.25) is 0 Å². The van der Waals surface area contributed by atoms with E-state index in [0.29, 0.717) is 6.42 Å². The lowest BCUT2D eigenvalue weighted by Crippen LogP contribution is -1.88. The standard InChI is InChI=1S/C12H18OS/c1-5-12(14-4)7-6-10(2)11(3)8-9-13/h5-7,13H,2-3,8-9H2,1,4H3. The molecule has 0 fully saturated rings. The SMILES string of the molecule is C=C(C=CC(=CC)SC)C(=C)CCO. The predicted octanol–water partition coefficient (Wildman–Crippen LogP) is 3.30. The molecule has 0 radical (unpaired) electrons. The molecule has 0 unspecified atom stereocenters. The van der Waals surface area contributed by atoms with Crippen LogP contribution in [0.5, 0.6) is 0 Å². The van der Waals surface area contributed by atoms with Gasteiger partial charge in [0.1, 0.15) is 0 Å². The molecule has 1 N–H and O–H groups in total. The molecule has 0 saturated heterocycles. The summed E-state index contributed by atoms with van der Waals surface area (Å²) >= 11 is 1.69. The quantitative estimate of drug-likeness (QED) is 0.679. The normalized spacial score (nSPS) is 12.1. The third-order valence-electron chi connectivity index (χ3n) is 1.84. The second-order valence-corrected chi connectivity index (χ2v) is 3.71. The van der Waals surface area contributed by atoms with Gasteiger partial charge in [-0.3, -0.25) is 0 Å². The largest absolute Gasteiger partial charge is 0.396 e. The van der Waals surface area contributed by atoms with Gasteiger partial charge in [0.25, 0.3) is 0 Å². The number of rotatable bonds is 6. The lowest BCUT2D eigenvalue weighted by Gasteiger charge is -2.02. The van der Waals surface area contributed by atoms with Gasteiger partial charge in [-0.25, -0.2) is 0 Å². The van der Waals surface area contributed by atoms with E-state index in [2.05, 4.69) is 13.2 Å². The summed E-state index contributed by atoms with van der Waals surface area (Å²) in [5, 5.41) is 8.71. The molecule has 0 aliphatic carbocycles. The van der Waals surface area contributed by atoms with Crippen LogP contribution in [0.15, 0.2) is 47.4 Å². The Morgan fingerprint density at radius 1 is 1.36 bits per heavy atom. The van der Waals surface area contributed by atoms with Gasteiger partial charge in [0, 0.05) is 11.5 Å². The fourth-order valence-corrected chi connectivity index (χ4v) is 1.32. The minimum absolute atomic E-state index is 0.130. The van der Waals surface area contributed by atoms with E-state index >= 15 is 0 Å². The summed E-state index contributed by atoms with van der Waals surface area (Å²) in [5.41, 5.74) is 1.77. The number of hydrogen-bond acceptors (Lipinski definition) is 2. The smallest absolute Gasteiger partial charge is 0.0471 e. The van der Waals surface area contributed by atoms with E-state index in [1.54, 1.807) is 11.8 Å². The Hall–Kier alpha value is -0.730. The molecule has 0 rings (SSSR count). The van der Waals surface area contributed by atoms with Gasteiger partial charge in [-0.15, -0.1) is 11.8 Å². The molecule has 0 bridgehead atoms. The zero-order valence-corrected chi connectivity index (χ0v) is 9.73. The molecule has 0 aliphatic heterocycles. The van der Waals surface area contributed by atoms with E-state index in [1.807, 2.05) is 31.4 Å². The van der Waals surface area contributed by atoms with Crippen molar-refractivity contribution in [2.24, 2.45) is 0 Å². The molecule has 0 aliphatic rings. The predicted molar refractivity (Wildman–Crippen MR) is 66.4 cm³/mol. The zero-order chi connectivity index (χ0) is 11.0. The first-order valence-corrected chi connectivity index (χ1v) is 5.74. The Labute approximate surface area is 90.9 Å². The van der Waals surface area contributed by atoms with Crippen LogP contribution in [0.25, 0.3) is 0 Å². The summed E-state index contributed by atoms with van der Waals surface area (Å²) < 4.78 is 0. The fraction of sp³-hybridized carbons (Fsp3) is 0.333. The molecule has 0 aromatic carbocycles. The maximum Gasteiger partial charge on any atom is 0.0471 e. The Morgan fingerprint density at radius 2 is 2.00 bits per heavy atom. The lowest BCUT2D eigenvalue weighted by molar-refractivity contribution is 0.300. The van der Waals surface area contributed by atoms with Gasteiger partial charge in [-0.2, -0.15) is 0 Å². The molecule has 0 aromatic rings. The summed E-state index contributed by atoms with van der Waals surface area (Å²) in [6.07, 6.45) is 8.61. The van der Waals surface area contributed by atoms with E-state index in [-0.39, 0.29) is 6.61 Å². The number of thioether (sulfide) groups is 1. The average molecular weight is 210 g/mol. The Bertz CT molecular complexity index is 261. The minimum Gasteiger partial charge on any atom is -0.396 e. The van der Waals surface area contributed by atoms with Crippen LogP contribution in [0, 0.1) is 0 Å². The van der Waals surface area contributed by atoms with Crippen molar-refractivity contribution in [3.05, 3.63) is 47.4 Å². The first-order chi connectivity index (χ1) is 6.65. The van der Waals surface area contributed by atoms with E-state index < -0.39 is 0 Å². The van der Waals surface area contributed by atoms with Crippen LogP contribution in [0.4, 0.5) is 0 Å². The molecular weight excluding hydrogens is 192 g/mol. The van der Waals surface area contributed by atoms with E-state index in [9.17, 15) is 0 Å². The monoisotopic (exact) mass is 210 g/mol. The molecule has 1 nitrogen and oxygen atoms in total. The zero-order valence-electron chi connectivity index (χ0n) is 8.92. The molecule has 0 spiro atoms. The van der Waals surface area contributed by atoms with Crippen molar-refractivity contribution in [1.82, 2.24) is 0 Å². The van der Waals surface area contributed by atoms with Crippen molar-refractivity contribution in [2.75, 3.05) is 12.9 Å². The maximum atomic E-state index is 8.71.